The van der Waals surface area contributed by atoms with Crippen LogP contribution >= 0.6 is 22.9 Å². The van der Waals surface area contributed by atoms with E-state index >= 15 is 0 Å². The standard InChI is InChI=1S/C15H12ClN3O2S2/c16-12-3-5-13(6-4-12)23(20,21)18-9-15-19-14(10-22-15)11-2-1-7-17-8-11/h1-8,10,18H,9H2. The maximum atomic E-state index is 12.2. The Balaban J connectivity index is 1.71. The topological polar surface area (TPSA) is 72.0 Å². The van der Waals surface area contributed by atoms with E-state index < -0.39 is 10.0 Å². The van der Waals surface area contributed by atoms with Crippen molar-refractivity contribution in [1.29, 1.82) is 0 Å². The summed E-state index contributed by atoms with van der Waals surface area (Å²) >= 11 is 7.16. The molecule has 0 spiro atoms. The van der Waals surface area contributed by atoms with Crippen molar-refractivity contribution < 1.29 is 8.42 Å². The first-order valence-electron chi connectivity index (χ1n) is 6.65. The minimum Gasteiger partial charge on any atom is -0.264 e. The van der Waals surface area contributed by atoms with Gasteiger partial charge in [-0.15, -0.1) is 11.3 Å². The van der Waals surface area contributed by atoms with E-state index in [1.54, 1.807) is 24.5 Å². The highest BCUT2D eigenvalue weighted by Crippen LogP contribution is 2.21. The Morgan fingerprint density at radius 3 is 2.65 bits per heavy atom. The third-order valence-corrected chi connectivity index (χ3v) is 5.56. The summed E-state index contributed by atoms with van der Waals surface area (Å²) in [6, 6.07) is 9.75. The van der Waals surface area contributed by atoms with Gasteiger partial charge in [-0.05, 0) is 36.4 Å². The molecule has 0 saturated carbocycles. The van der Waals surface area contributed by atoms with Gasteiger partial charge in [-0.2, -0.15) is 0 Å². The molecule has 0 aliphatic carbocycles. The van der Waals surface area contributed by atoms with E-state index in [0.717, 1.165) is 11.3 Å². The van der Waals surface area contributed by atoms with E-state index in [1.807, 2.05) is 17.5 Å². The Bertz CT molecular complexity index is 894. The Kier molecular flexibility index (Phi) is 4.72. The molecule has 0 atom stereocenters. The first kappa shape index (κ1) is 16.1. The first-order chi connectivity index (χ1) is 11.0. The second kappa shape index (κ2) is 6.76. The number of rotatable bonds is 5. The number of halogens is 1. The number of thiazole rings is 1. The fourth-order valence-electron chi connectivity index (χ4n) is 1.89. The zero-order valence-electron chi connectivity index (χ0n) is 11.8. The van der Waals surface area contributed by atoms with Crippen LogP contribution in [0.5, 0.6) is 0 Å². The largest absolute Gasteiger partial charge is 0.264 e. The molecule has 2 heterocycles. The summed E-state index contributed by atoms with van der Waals surface area (Å²) in [5.74, 6) is 0. The van der Waals surface area contributed by atoms with Crippen LogP contribution < -0.4 is 4.72 Å². The molecule has 5 nitrogen and oxygen atoms in total. The van der Waals surface area contributed by atoms with Crippen molar-refractivity contribution in [2.75, 3.05) is 0 Å². The summed E-state index contributed by atoms with van der Waals surface area (Å²) in [5.41, 5.74) is 1.68. The normalized spacial score (nSPS) is 11.5. The zero-order chi connectivity index (χ0) is 16.3. The van der Waals surface area contributed by atoms with Crippen molar-refractivity contribution in [1.82, 2.24) is 14.7 Å². The van der Waals surface area contributed by atoms with E-state index in [2.05, 4.69) is 14.7 Å². The predicted molar refractivity (Wildman–Crippen MR) is 90.8 cm³/mol. The first-order valence-corrected chi connectivity index (χ1v) is 9.39. The Hall–Kier alpha value is -1.80. The Morgan fingerprint density at radius 1 is 1.17 bits per heavy atom. The smallest absolute Gasteiger partial charge is 0.240 e. The van der Waals surface area contributed by atoms with E-state index in [0.29, 0.717) is 10.0 Å². The van der Waals surface area contributed by atoms with Crippen LogP contribution in [0.25, 0.3) is 11.3 Å². The van der Waals surface area contributed by atoms with Crippen molar-refractivity contribution in [3.05, 3.63) is 64.2 Å². The molecule has 8 heteroatoms. The summed E-state index contributed by atoms with van der Waals surface area (Å²) < 4.78 is 26.9. The van der Waals surface area contributed by atoms with Crippen LogP contribution in [0.15, 0.2) is 59.1 Å². The number of benzene rings is 1. The van der Waals surface area contributed by atoms with Crippen LogP contribution in [0.1, 0.15) is 5.01 Å². The van der Waals surface area contributed by atoms with Crippen LogP contribution in [0.4, 0.5) is 0 Å². The molecule has 0 unspecified atom stereocenters. The molecule has 0 fully saturated rings. The minimum atomic E-state index is -3.58. The van der Waals surface area contributed by atoms with Gasteiger partial charge in [-0.3, -0.25) is 4.98 Å². The van der Waals surface area contributed by atoms with Gasteiger partial charge in [0.15, 0.2) is 0 Å². The van der Waals surface area contributed by atoms with Gasteiger partial charge in [-0.25, -0.2) is 18.1 Å². The lowest BCUT2D eigenvalue weighted by molar-refractivity contribution is 0.581. The third kappa shape index (κ3) is 3.94. The molecule has 1 aromatic carbocycles. The summed E-state index contributed by atoms with van der Waals surface area (Å²) in [6.45, 7) is 0.135. The molecular formula is C15H12ClN3O2S2. The second-order valence-corrected chi connectivity index (χ2v) is 7.79. The number of sulfonamides is 1. The van der Waals surface area contributed by atoms with Crippen LogP contribution in [0, 0.1) is 0 Å². The Labute approximate surface area is 143 Å². The highest BCUT2D eigenvalue weighted by molar-refractivity contribution is 7.89. The molecule has 118 valence electrons. The summed E-state index contributed by atoms with van der Waals surface area (Å²) in [7, 11) is -3.58. The second-order valence-electron chi connectivity index (χ2n) is 4.65. The van der Waals surface area contributed by atoms with Gasteiger partial charge in [0.05, 0.1) is 17.1 Å². The van der Waals surface area contributed by atoms with Gasteiger partial charge in [0.2, 0.25) is 10.0 Å². The predicted octanol–water partition coefficient (Wildman–Crippen LogP) is 3.34. The van der Waals surface area contributed by atoms with E-state index in [9.17, 15) is 8.42 Å². The molecule has 2 aromatic heterocycles. The van der Waals surface area contributed by atoms with Crippen LogP contribution in [0.2, 0.25) is 5.02 Å². The zero-order valence-corrected chi connectivity index (χ0v) is 14.2. The van der Waals surface area contributed by atoms with Crippen molar-refractivity contribution in [2.45, 2.75) is 11.4 Å². The molecule has 0 radical (unpaired) electrons. The average Bonchev–Trinajstić information content (AvgIpc) is 3.03. The van der Waals surface area contributed by atoms with Crippen LogP contribution in [-0.4, -0.2) is 18.4 Å². The molecule has 0 aliphatic heterocycles. The number of aromatic nitrogens is 2. The quantitative estimate of drug-likeness (QED) is 0.752. The lowest BCUT2D eigenvalue weighted by atomic mass is 10.2. The van der Waals surface area contributed by atoms with Gasteiger partial charge < -0.3 is 0 Å². The minimum absolute atomic E-state index is 0.135. The van der Waals surface area contributed by atoms with E-state index in [4.69, 9.17) is 11.6 Å². The SMILES string of the molecule is O=S(=O)(NCc1nc(-c2cccnc2)cs1)c1ccc(Cl)cc1. The molecule has 0 bridgehead atoms. The molecule has 1 N–H and O–H groups in total. The Morgan fingerprint density at radius 2 is 1.96 bits per heavy atom. The van der Waals surface area contributed by atoms with Crippen molar-refractivity contribution >= 4 is 33.0 Å². The van der Waals surface area contributed by atoms with Crippen molar-refractivity contribution in [3.8, 4) is 11.3 Å². The monoisotopic (exact) mass is 365 g/mol. The van der Waals surface area contributed by atoms with Crippen LogP contribution in [0.3, 0.4) is 0 Å². The highest BCUT2D eigenvalue weighted by Gasteiger charge is 2.14. The fourth-order valence-corrected chi connectivity index (χ4v) is 3.84. The van der Waals surface area contributed by atoms with Crippen molar-refractivity contribution in [2.24, 2.45) is 0 Å². The molecule has 0 amide bonds. The molecule has 0 saturated heterocycles. The molecule has 23 heavy (non-hydrogen) atoms. The van der Waals surface area contributed by atoms with Gasteiger partial charge in [0.1, 0.15) is 5.01 Å². The number of nitrogens with one attached hydrogen (secondary N) is 1. The lowest BCUT2D eigenvalue weighted by Gasteiger charge is -2.05. The molecular weight excluding hydrogens is 354 g/mol. The van der Waals surface area contributed by atoms with Gasteiger partial charge >= 0.3 is 0 Å². The number of hydrogen-bond acceptors (Lipinski definition) is 5. The number of pyridine rings is 1. The average molecular weight is 366 g/mol. The number of nitrogens with zero attached hydrogens (tertiary/aromatic N) is 2. The highest BCUT2D eigenvalue weighted by atomic mass is 35.5. The molecule has 3 rings (SSSR count). The van der Waals surface area contributed by atoms with Gasteiger partial charge in [0.25, 0.3) is 0 Å². The summed E-state index contributed by atoms with van der Waals surface area (Å²) in [4.78, 5) is 8.64. The maximum absolute atomic E-state index is 12.2. The summed E-state index contributed by atoms with van der Waals surface area (Å²) in [5, 5.41) is 3.05. The summed E-state index contributed by atoms with van der Waals surface area (Å²) in [6.07, 6.45) is 3.41. The number of hydrogen-bond donors (Lipinski definition) is 1. The lowest BCUT2D eigenvalue weighted by Crippen LogP contribution is -2.23. The molecule has 0 aliphatic rings. The van der Waals surface area contributed by atoms with Crippen molar-refractivity contribution in [3.63, 3.8) is 0 Å². The maximum Gasteiger partial charge on any atom is 0.240 e. The molecule has 3 aromatic rings. The van der Waals surface area contributed by atoms with Gasteiger partial charge in [-0.1, -0.05) is 11.6 Å². The van der Waals surface area contributed by atoms with E-state index in [-0.39, 0.29) is 11.4 Å². The van der Waals surface area contributed by atoms with Crippen LogP contribution in [-0.2, 0) is 16.6 Å². The van der Waals surface area contributed by atoms with E-state index in [1.165, 1.54) is 23.5 Å². The van der Waals surface area contributed by atoms with Gasteiger partial charge in [0, 0.05) is 28.4 Å². The fraction of sp³-hybridized carbons (Fsp3) is 0.0667. The third-order valence-electron chi connectivity index (χ3n) is 3.05.